The van der Waals surface area contributed by atoms with Gasteiger partial charge in [0.15, 0.2) is 0 Å². The van der Waals surface area contributed by atoms with Crippen LogP contribution >= 0.6 is 0 Å². The van der Waals surface area contributed by atoms with Crippen molar-refractivity contribution in [2.24, 2.45) is 0 Å². The summed E-state index contributed by atoms with van der Waals surface area (Å²) in [5.74, 6) is 0. The standard InChI is InChI=1S/C16H23NO3/c1-15(2,3)12-8-7-11(10-18)9-13(12)17-14(19)20-16(4,5)6/h7-10H,1-6H3,(H,17,19). The van der Waals surface area contributed by atoms with Crippen LogP contribution in [-0.4, -0.2) is 18.0 Å². The minimum Gasteiger partial charge on any atom is -0.444 e. The Bertz CT molecular complexity index is 507. The van der Waals surface area contributed by atoms with E-state index in [0.717, 1.165) is 11.8 Å². The zero-order valence-electron chi connectivity index (χ0n) is 13.0. The van der Waals surface area contributed by atoms with E-state index in [4.69, 9.17) is 4.74 Å². The normalized spacial score (nSPS) is 11.9. The minimum atomic E-state index is -0.561. The van der Waals surface area contributed by atoms with Gasteiger partial charge in [-0.2, -0.15) is 0 Å². The zero-order valence-corrected chi connectivity index (χ0v) is 13.0. The number of hydrogen-bond acceptors (Lipinski definition) is 3. The van der Waals surface area contributed by atoms with Crippen LogP contribution in [0.4, 0.5) is 10.5 Å². The summed E-state index contributed by atoms with van der Waals surface area (Å²) in [5.41, 5.74) is 1.37. The van der Waals surface area contributed by atoms with Crippen molar-refractivity contribution in [1.29, 1.82) is 0 Å². The summed E-state index contributed by atoms with van der Waals surface area (Å²) in [6.07, 6.45) is 0.234. The van der Waals surface area contributed by atoms with E-state index >= 15 is 0 Å². The summed E-state index contributed by atoms with van der Waals surface area (Å²) in [7, 11) is 0. The molecule has 0 bridgehead atoms. The summed E-state index contributed by atoms with van der Waals surface area (Å²) < 4.78 is 5.24. The van der Waals surface area contributed by atoms with Gasteiger partial charge in [0.1, 0.15) is 11.9 Å². The maximum atomic E-state index is 11.9. The van der Waals surface area contributed by atoms with Gasteiger partial charge < -0.3 is 4.74 Å². The highest BCUT2D eigenvalue weighted by molar-refractivity contribution is 5.88. The molecule has 0 unspecified atom stereocenters. The molecule has 20 heavy (non-hydrogen) atoms. The second-order valence-electron chi connectivity index (χ2n) is 6.80. The van der Waals surface area contributed by atoms with Gasteiger partial charge in [-0.25, -0.2) is 4.79 Å². The first-order valence-electron chi connectivity index (χ1n) is 6.62. The van der Waals surface area contributed by atoms with Crippen LogP contribution in [0.15, 0.2) is 18.2 Å². The van der Waals surface area contributed by atoms with Crippen molar-refractivity contribution in [2.45, 2.75) is 52.6 Å². The van der Waals surface area contributed by atoms with Crippen LogP contribution < -0.4 is 5.32 Å². The molecule has 0 fully saturated rings. The first-order valence-corrected chi connectivity index (χ1v) is 6.62. The highest BCUT2D eigenvalue weighted by Crippen LogP contribution is 2.30. The van der Waals surface area contributed by atoms with Gasteiger partial charge in [-0.3, -0.25) is 10.1 Å². The summed E-state index contributed by atoms with van der Waals surface area (Å²) >= 11 is 0. The Balaban J connectivity index is 3.08. The summed E-state index contributed by atoms with van der Waals surface area (Å²) in [6.45, 7) is 11.5. The number of rotatable bonds is 2. The van der Waals surface area contributed by atoms with E-state index in [2.05, 4.69) is 5.32 Å². The Labute approximate surface area is 120 Å². The third-order valence-electron chi connectivity index (χ3n) is 2.62. The maximum absolute atomic E-state index is 11.9. The van der Waals surface area contributed by atoms with Gasteiger partial charge in [-0.15, -0.1) is 0 Å². The lowest BCUT2D eigenvalue weighted by Crippen LogP contribution is -2.28. The number of amides is 1. The van der Waals surface area contributed by atoms with E-state index in [9.17, 15) is 9.59 Å². The lowest BCUT2D eigenvalue weighted by molar-refractivity contribution is 0.0635. The molecule has 0 atom stereocenters. The van der Waals surface area contributed by atoms with Crippen LogP contribution in [0, 0.1) is 0 Å². The fourth-order valence-electron chi connectivity index (χ4n) is 1.81. The Hall–Kier alpha value is -1.84. The Morgan fingerprint density at radius 2 is 1.75 bits per heavy atom. The number of benzene rings is 1. The van der Waals surface area contributed by atoms with Crippen molar-refractivity contribution in [3.63, 3.8) is 0 Å². The summed E-state index contributed by atoms with van der Waals surface area (Å²) in [4.78, 5) is 22.8. The van der Waals surface area contributed by atoms with Gasteiger partial charge in [-0.05, 0) is 37.8 Å². The molecule has 0 saturated carbocycles. The topological polar surface area (TPSA) is 55.4 Å². The molecule has 0 heterocycles. The number of hydrogen-bond donors (Lipinski definition) is 1. The Morgan fingerprint density at radius 3 is 2.20 bits per heavy atom. The molecule has 0 saturated heterocycles. The predicted molar refractivity (Wildman–Crippen MR) is 80.4 cm³/mol. The Morgan fingerprint density at radius 1 is 1.15 bits per heavy atom. The molecule has 1 amide bonds. The molecule has 110 valence electrons. The highest BCUT2D eigenvalue weighted by atomic mass is 16.6. The number of ether oxygens (including phenoxy) is 1. The van der Waals surface area contributed by atoms with Gasteiger partial charge in [-0.1, -0.05) is 32.9 Å². The molecule has 0 aliphatic heterocycles. The molecular weight excluding hydrogens is 254 g/mol. The van der Waals surface area contributed by atoms with E-state index in [-0.39, 0.29) is 5.41 Å². The van der Waals surface area contributed by atoms with Crippen molar-refractivity contribution >= 4 is 18.1 Å². The molecule has 1 aromatic carbocycles. The third kappa shape index (κ3) is 4.68. The van der Waals surface area contributed by atoms with Gasteiger partial charge in [0.25, 0.3) is 0 Å². The minimum absolute atomic E-state index is 0.147. The number of aldehydes is 1. The highest BCUT2D eigenvalue weighted by Gasteiger charge is 2.22. The Kier molecular flexibility index (Phi) is 4.58. The molecule has 1 N–H and O–H groups in total. The lowest BCUT2D eigenvalue weighted by Gasteiger charge is -2.25. The average Bonchev–Trinajstić information content (AvgIpc) is 2.24. The molecule has 0 spiro atoms. The zero-order chi connectivity index (χ0) is 15.6. The first-order chi connectivity index (χ1) is 9.03. The van der Waals surface area contributed by atoms with Crippen LogP contribution in [0.1, 0.15) is 57.5 Å². The van der Waals surface area contributed by atoms with Crippen molar-refractivity contribution in [2.75, 3.05) is 5.32 Å². The van der Waals surface area contributed by atoms with Gasteiger partial charge in [0, 0.05) is 11.3 Å². The largest absolute Gasteiger partial charge is 0.444 e. The number of nitrogens with one attached hydrogen (secondary N) is 1. The van der Waals surface area contributed by atoms with E-state index in [0.29, 0.717) is 11.3 Å². The smallest absolute Gasteiger partial charge is 0.412 e. The van der Waals surface area contributed by atoms with Crippen LogP contribution in [0.3, 0.4) is 0 Å². The van der Waals surface area contributed by atoms with E-state index in [1.807, 2.05) is 26.8 Å². The molecule has 4 nitrogen and oxygen atoms in total. The molecule has 0 radical (unpaired) electrons. The van der Waals surface area contributed by atoms with Crippen LogP contribution in [-0.2, 0) is 10.2 Å². The van der Waals surface area contributed by atoms with Crippen LogP contribution in [0.5, 0.6) is 0 Å². The van der Waals surface area contributed by atoms with Gasteiger partial charge in [0.2, 0.25) is 0 Å². The quantitative estimate of drug-likeness (QED) is 0.826. The SMILES string of the molecule is CC(C)(C)OC(=O)Nc1cc(C=O)ccc1C(C)(C)C. The van der Waals surface area contributed by atoms with Crippen molar-refractivity contribution in [3.8, 4) is 0 Å². The summed E-state index contributed by atoms with van der Waals surface area (Å²) in [5, 5.41) is 2.73. The second-order valence-corrected chi connectivity index (χ2v) is 6.80. The molecular formula is C16H23NO3. The molecule has 4 heteroatoms. The molecule has 1 rings (SSSR count). The second kappa shape index (κ2) is 5.65. The monoisotopic (exact) mass is 277 g/mol. The first kappa shape index (κ1) is 16.2. The fraction of sp³-hybridized carbons (Fsp3) is 0.500. The number of anilines is 1. The number of carbonyl (C=O) groups is 2. The van der Waals surface area contributed by atoms with E-state index < -0.39 is 11.7 Å². The molecule has 0 aromatic heterocycles. The lowest BCUT2D eigenvalue weighted by atomic mass is 9.85. The van der Waals surface area contributed by atoms with E-state index in [1.54, 1.807) is 32.9 Å². The van der Waals surface area contributed by atoms with Crippen LogP contribution in [0.25, 0.3) is 0 Å². The third-order valence-corrected chi connectivity index (χ3v) is 2.62. The van der Waals surface area contributed by atoms with Gasteiger partial charge in [0.05, 0.1) is 0 Å². The number of carbonyl (C=O) groups excluding carboxylic acids is 2. The fourth-order valence-corrected chi connectivity index (χ4v) is 1.81. The maximum Gasteiger partial charge on any atom is 0.412 e. The predicted octanol–water partition coefficient (Wildman–Crippen LogP) is 4.14. The average molecular weight is 277 g/mol. The molecule has 0 aliphatic carbocycles. The van der Waals surface area contributed by atoms with Crippen molar-refractivity contribution in [1.82, 2.24) is 0 Å². The van der Waals surface area contributed by atoms with Crippen LogP contribution in [0.2, 0.25) is 0 Å². The van der Waals surface area contributed by atoms with Gasteiger partial charge >= 0.3 is 6.09 Å². The van der Waals surface area contributed by atoms with Crippen molar-refractivity contribution in [3.05, 3.63) is 29.3 Å². The summed E-state index contributed by atoms with van der Waals surface area (Å²) in [6, 6.07) is 5.27. The van der Waals surface area contributed by atoms with E-state index in [1.165, 1.54) is 0 Å². The van der Waals surface area contributed by atoms with Crippen molar-refractivity contribution < 1.29 is 14.3 Å². The molecule has 0 aliphatic rings. The molecule has 1 aromatic rings.